The molecule has 0 bridgehead atoms. The smallest absolute Gasteiger partial charge is 0.250 e. The van der Waals surface area contributed by atoms with E-state index in [0.29, 0.717) is 22.9 Å². The molecule has 1 heterocycles. The van der Waals surface area contributed by atoms with Crippen LogP contribution in [0, 0.1) is 6.92 Å². The second kappa shape index (κ2) is 8.18. The summed E-state index contributed by atoms with van der Waals surface area (Å²) >= 11 is 0. The summed E-state index contributed by atoms with van der Waals surface area (Å²) in [6.07, 6.45) is 3.18. The van der Waals surface area contributed by atoms with Gasteiger partial charge in [-0.25, -0.2) is 0 Å². The maximum absolute atomic E-state index is 12.1. The number of rotatable bonds is 6. The Morgan fingerprint density at radius 1 is 1.15 bits per heavy atom. The van der Waals surface area contributed by atoms with Gasteiger partial charge in [0.2, 0.25) is 5.95 Å². The third kappa shape index (κ3) is 4.52. The van der Waals surface area contributed by atoms with Crippen molar-refractivity contribution < 1.29 is 14.3 Å². The standard InChI is InChI=1S/C20H20N4O3/c1-13-5-4-6-14(11-13)7-10-18(25)21-20-22-19(23-24-20)16-9-8-15(26-2)12-17(16)27-3/h4-12H,1-3H3,(H2,21,22,23,24,25)/b10-7+. The lowest BCUT2D eigenvalue weighted by Crippen LogP contribution is -2.09. The van der Waals surface area contributed by atoms with Gasteiger partial charge in [0, 0.05) is 12.1 Å². The Bertz CT molecular complexity index is 979. The Labute approximate surface area is 157 Å². The van der Waals surface area contributed by atoms with Crippen LogP contribution in [0.3, 0.4) is 0 Å². The summed E-state index contributed by atoms with van der Waals surface area (Å²) in [5.74, 6) is 1.60. The van der Waals surface area contributed by atoms with E-state index in [4.69, 9.17) is 9.47 Å². The highest BCUT2D eigenvalue weighted by Crippen LogP contribution is 2.31. The topological polar surface area (TPSA) is 89.1 Å². The van der Waals surface area contributed by atoms with Gasteiger partial charge in [0.15, 0.2) is 5.82 Å². The predicted molar refractivity (Wildman–Crippen MR) is 104 cm³/mol. The molecule has 0 radical (unpaired) electrons. The van der Waals surface area contributed by atoms with Crippen molar-refractivity contribution in [2.45, 2.75) is 6.92 Å². The zero-order valence-corrected chi connectivity index (χ0v) is 15.3. The average molecular weight is 364 g/mol. The normalized spacial score (nSPS) is 10.8. The summed E-state index contributed by atoms with van der Waals surface area (Å²) in [6, 6.07) is 13.2. The van der Waals surface area contributed by atoms with Crippen molar-refractivity contribution in [3.63, 3.8) is 0 Å². The predicted octanol–water partition coefficient (Wildman–Crippen LogP) is 3.45. The number of aromatic nitrogens is 3. The third-order valence-corrected chi connectivity index (χ3v) is 3.85. The molecule has 3 aromatic rings. The maximum atomic E-state index is 12.1. The largest absolute Gasteiger partial charge is 0.497 e. The molecule has 0 saturated carbocycles. The summed E-state index contributed by atoms with van der Waals surface area (Å²) in [7, 11) is 3.15. The number of nitrogens with one attached hydrogen (secondary N) is 2. The highest BCUT2D eigenvalue weighted by Gasteiger charge is 2.13. The molecular weight excluding hydrogens is 344 g/mol. The number of H-pyrrole nitrogens is 1. The van der Waals surface area contributed by atoms with E-state index < -0.39 is 0 Å². The van der Waals surface area contributed by atoms with E-state index in [1.54, 1.807) is 38.5 Å². The minimum absolute atomic E-state index is 0.182. The van der Waals surface area contributed by atoms with Crippen molar-refractivity contribution in [1.82, 2.24) is 15.2 Å². The van der Waals surface area contributed by atoms with Crippen molar-refractivity contribution in [2.75, 3.05) is 19.5 Å². The zero-order chi connectivity index (χ0) is 19.2. The molecule has 0 unspecified atom stereocenters. The maximum Gasteiger partial charge on any atom is 0.250 e. The molecule has 138 valence electrons. The average Bonchev–Trinajstić information content (AvgIpc) is 3.14. The zero-order valence-electron chi connectivity index (χ0n) is 15.3. The van der Waals surface area contributed by atoms with Gasteiger partial charge in [0.05, 0.1) is 19.8 Å². The molecule has 1 amide bonds. The molecule has 2 N–H and O–H groups in total. The van der Waals surface area contributed by atoms with Crippen LogP contribution in [0.15, 0.2) is 48.5 Å². The first-order valence-electron chi connectivity index (χ1n) is 8.29. The van der Waals surface area contributed by atoms with Crippen LogP contribution in [0.25, 0.3) is 17.5 Å². The number of carbonyl (C=O) groups excluding carboxylic acids is 1. The Hall–Kier alpha value is -3.61. The van der Waals surface area contributed by atoms with Gasteiger partial charge in [-0.3, -0.25) is 15.2 Å². The quantitative estimate of drug-likeness (QED) is 0.654. The van der Waals surface area contributed by atoms with Crippen molar-refractivity contribution in [3.05, 3.63) is 59.7 Å². The van der Waals surface area contributed by atoms with Gasteiger partial charge in [-0.15, -0.1) is 5.10 Å². The summed E-state index contributed by atoms with van der Waals surface area (Å²) in [5, 5.41) is 9.46. The molecule has 0 spiro atoms. The molecular formula is C20H20N4O3. The fourth-order valence-corrected chi connectivity index (χ4v) is 2.53. The van der Waals surface area contributed by atoms with Gasteiger partial charge in [-0.2, -0.15) is 4.98 Å². The molecule has 3 rings (SSSR count). The molecule has 7 heteroatoms. The fourth-order valence-electron chi connectivity index (χ4n) is 2.53. The first-order valence-corrected chi connectivity index (χ1v) is 8.29. The number of methoxy groups -OCH3 is 2. The summed E-state index contributed by atoms with van der Waals surface area (Å²) in [6.45, 7) is 2.00. The molecule has 0 aliphatic heterocycles. The number of carbonyl (C=O) groups is 1. The SMILES string of the molecule is COc1ccc(-c2nc(NC(=O)/C=C/c3cccc(C)c3)n[nH]2)c(OC)c1. The van der Waals surface area contributed by atoms with Crippen LogP contribution in [0.5, 0.6) is 11.5 Å². The first-order chi connectivity index (χ1) is 13.1. The van der Waals surface area contributed by atoms with Gasteiger partial charge in [-0.1, -0.05) is 29.8 Å². The van der Waals surface area contributed by atoms with Crippen molar-refractivity contribution in [1.29, 1.82) is 0 Å². The minimum atomic E-state index is -0.316. The number of hydrogen-bond acceptors (Lipinski definition) is 5. The lowest BCUT2D eigenvalue weighted by molar-refractivity contribution is -0.111. The Morgan fingerprint density at radius 3 is 2.74 bits per heavy atom. The number of benzene rings is 2. The van der Waals surface area contributed by atoms with Crippen molar-refractivity contribution in [3.8, 4) is 22.9 Å². The van der Waals surface area contributed by atoms with Crippen LogP contribution in [0.2, 0.25) is 0 Å². The number of aryl methyl sites for hydroxylation is 1. The molecule has 2 aromatic carbocycles. The lowest BCUT2D eigenvalue weighted by atomic mass is 10.1. The van der Waals surface area contributed by atoms with Crippen LogP contribution in [0.4, 0.5) is 5.95 Å². The highest BCUT2D eigenvalue weighted by atomic mass is 16.5. The van der Waals surface area contributed by atoms with Crippen molar-refractivity contribution >= 4 is 17.9 Å². The van der Waals surface area contributed by atoms with E-state index in [0.717, 1.165) is 11.1 Å². The molecule has 0 aliphatic rings. The van der Waals surface area contributed by atoms with Gasteiger partial charge in [0.25, 0.3) is 5.91 Å². The van der Waals surface area contributed by atoms with Gasteiger partial charge < -0.3 is 9.47 Å². The van der Waals surface area contributed by atoms with Crippen LogP contribution in [-0.4, -0.2) is 35.3 Å². The molecule has 1 aromatic heterocycles. The van der Waals surface area contributed by atoms with Gasteiger partial charge in [-0.05, 0) is 30.7 Å². The molecule has 0 atom stereocenters. The first kappa shape index (κ1) is 18.2. The molecule has 27 heavy (non-hydrogen) atoms. The Balaban J connectivity index is 1.72. The minimum Gasteiger partial charge on any atom is -0.497 e. The Morgan fingerprint density at radius 2 is 2.00 bits per heavy atom. The van der Waals surface area contributed by atoms with Crippen LogP contribution in [0.1, 0.15) is 11.1 Å². The number of anilines is 1. The van der Waals surface area contributed by atoms with Crippen LogP contribution >= 0.6 is 0 Å². The summed E-state index contributed by atoms with van der Waals surface area (Å²) < 4.78 is 10.5. The molecule has 0 fully saturated rings. The van der Waals surface area contributed by atoms with Crippen molar-refractivity contribution in [2.24, 2.45) is 0 Å². The van der Waals surface area contributed by atoms with E-state index in [2.05, 4.69) is 20.5 Å². The second-order valence-electron chi connectivity index (χ2n) is 5.81. The van der Waals surface area contributed by atoms with E-state index >= 15 is 0 Å². The number of nitrogens with zero attached hydrogens (tertiary/aromatic N) is 2. The summed E-state index contributed by atoms with van der Waals surface area (Å²) in [5.41, 5.74) is 2.79. The second-order valence-corrected chi connectivity index (χ2v) is 5.81. The van der Waals surface area contributed by atoms with E-state index in [-0.39, 0.29) is 11.9 Å². The number of ether oxygens (including phenoxy) is 2. The lowest BCUT2D eigenvalue weighted by Gasteiger charge is -2.07. The number of hydrogen-bond donors (Lipinski definition) is 2. The van der Waals surface area contributed by atoms with Gasteiger partial charge in [0.1, 0.15) is 11.5 Å². The monoisotopic (exact) mass is 364 g/mol. The van der Waals surface area contributed by atoms with Crippen LogP contribution in [-0.2, 0) is 4.79 Å². The highest BCUT2D eigenvalue weighted by molar-refractivity contribution is 6.01. The third-order valence-electron chi connectivity index (χ3n) is 3.85. The Kier molecular flexibility index (Phi) is 5.51. The molecule has 0 saturated heterocycles. The number of amides is 1. The van der Waals surface area contributed by atoms with E-state index in [9.17, 15) is 4.79 Å². The molecule has 7 nitrogen and oxygen atoms in total. The van der Waals surface area contributed by atoms with Gasteiger partial charge >= 0.3 is 0 Å². The van der Waals surface area contributed by atoms with E-state index in [1.165, 1.54) is 6.08 Å². The number of aromatic amines is 1. The summed E-state index contributed by atoms with van der Waals surface area (Å²) in [4.78, 5) is 16.4. The fraction of sp³-hybridized carbons (Fsp3) is 0.150. The molecule has 0 aliphatic carbocycles. The van der Waals surface area contributed by atoms with Crippen LogP contribution < -0.4 is 14.8 Å². The van der Waals surface area contributed by atoms with E-state index in [1.807, 2.05) is 31.2 Å².